The van der Waals surface area contributed by atoms with E-state index in [-0.39, 0.29) is 6.03 Å². The maximum absolute atomic E-state index is 13.1. The number of ether oxygens (including phenoxy) is 1. The van der Waals surface area contributed by atoms with Crippen LogP contribution in [0.25, 0.3) is 0 Å². The summed E-state index contributed by atoms with van der Waals surface area (Å²) in [5, 5.41) is 3.17. The zero-order chi connectivity index (χ0) is 19.8. The lowest BCUT2D eigenvalue weighted by Gasteiger charge is -2.54. The Morgan fingerprint density at radius 3 is 2.86 bits per heavy atom. The molecule has 3 aliphatic heterocycles. The van der Waals surface area contributed by atoms with Gasteiger partial charge in [0.25, 0.3) is 0 Å². The maximum atomic E-state index is 13.1. The van der Waals surface area contributed by atoms with Crippen LogP contribution in [0.1, 0.15) is 44.1 Å². The van der Waals surface area contributed by atoms with Gasteiger partial charge in [0.1, 0.15) is 5.75 Å². The molecule has 4 aliphatic rings. The minimum Gasteiger partial charge on any atom is -0.497 e. The molecule has 5 nitrogen and oxygen atoms in total. The van der Waals surface area contributed by atoms with Gasteiger partial charge in [-0.2, -0.15) is 0 Å². The van der Waals surface area contributed by atoms with Gasteiger partial charge >= 0.3 is 6.03 Å². The van der Waals surface area contributed by atoms with E-state index in [0.29, 0.717) is 24.4 Å². The fraction of sp³-hybridized carbons (Fsp3) is 0.625. The van der Waals surface area contributed by atoms with Crippen molar-refractivity contribution in [2.75, 3.05) is 26.7 Å². The maximum Gasteiger partial charge on any atom is 0.318 e. The number of urea groups is 1. The molecule has 0 aromatic heterocycles. The van der Waals surface area contributed by atoms with Crippen LogP contribution in [0.2, 0.25) is 0 Å². The van der Waals surface area contributed by atoms with Gasteiger partial charge in [0, 0.05) is 25.7 Å². The highest BCUT2D eigenvalue weighted by Gasteiger charge is 2.46. The lowest BCUT2D eigenvalue weighted by Crippen LogP contribution is -2.61. The largest absolute Gasteiger partial charge is 0.497 e. The number of likely N-dealkylation sites (tertiary alicyclic amines) is 1. The SMILES string of the molecule is COc1ccc(CNC(=O)N2CCCC3=C[C@@H]4C[C@H](CN5CCCC[C@H]45)[C@H]32)cc1. The summed E-state index contributed by atoms with van der Waals surface area (Å²) in [6.45, 7) is 3.86. The third-order valence-electron chi connectivity index (χ3n) is 7.52. The summed E-state index contributed by atoms with van der Waals surface area (Å²) < 4.78 is 5.22. The molecule has 1 aliphatic carbocycles. The Bertz CT molecular complexity index is 775. The Morgan fingerprint density at radius 2 is 2.03 bits per heavy atom. The average Bonchev–Trinajstić information content (AvgIpc) is 2.77. The molecule has 3 fully saturated rings. The molecule has 1 N–H and O–H groups in total. The normalized spacial score (nSPS) is 31.3. The van der Waals surface area contributed by atoms with Crippen LogP contribution in [-0.2, 0) is 6.54 Å². The Hall–Kier alpha value is -2.01. The highest BCUT2D eigenvalue weighted by atomic mass is 16.5. The van der Waals surface area contributed by atoms with Crippen molar-refractivity contribution in [2.45, 2.75) is 57.2 Å². The van der Waals surface area contributed by atoms with Gasteiger partial charge < -0.3 is 15.0 Å². The molecule has 1 aromatic rings. The van der Waals surface area contributed by atoms with E-state index < -0.39 is 0 Å². The molecule has 5 heteroatoms. The quantitative estimate of drug-likeness (QED) is 0.792. The first kappa shape index (κ1) is 19.0. The number of fused-ring (bicyclic) bond motifs is 6. The smallest absolute Gasteiger partial charge is 0.318 e. The van der Waals surface area contributed by atoms with Crippen molar-refractivity contribution in [2.24, 2.45) is 11.8 Å². The molecule has 2 bridgehead atoms. The lowest BCUT2D eigenvalue weighted by atomic mass is 9.68. The van der Waals surface area contributed by atoms with Crippen LogP contribution >= 0.6 is 0 Å². The Labute approximate surface area is 174 Å². The van der Waals surface area contributed by atoms with Crippen LogP contribution < -0.4 is 10.1 Å². The number of carbonyl (C=O) groups is 1. The van der Waals surface area contributed by atoms with Crippen molar-refractivity contribution in [1.29, 1.82) is 0 Å². The molecule has 0 spiro atoms. The number of carbonyl (C=O) groups excluding carboxylic acids is 1. The molecule has 2 amide bonds. The van der Waals surface area contributed by atoms with Crippen LogP contribution in [0.3, 0.4) is 0 Å². The first-order valence-corrected chi connectivity index (χ1v) is 11.3. The van der Waals surface area contributed by atoms with Crippen molar-refractivity contribution >= 4 is 6.03 Å². The predicted molar refractivity (Wildman–Crippen MR) is 114 cm³/mol. The number of amides is 2. The summed E-state index contributed by atoms with van der Waals surface area (Å²) >= 11 is 0. The first-order valence-electron chi connectivity index (χ1n) is 11.3. The zero-order valence-corrected chi connectivity index (χ0v) is 17.5. The predicted octanol–water partition coefficient (Wildman–Crippen LogP) is 3.80. The standard InChI is InChI=1S/C24H33N3O2/c1-29-21-9-7-17(8-10-21)15-25-24(28)27-12-4-5-18-13-19-14-20(23(18)27)16-26-11-3-2-6-22(19)26/h7-10,13,19-20,22-23H,2-6,11-12,14-16H2,1H3,(H,25,28)/t19-,20-,22-,23+/m1/s1. The lowest BCUT2D eigenvalue weighted by molar-refractivity contribution is 0.00788. The molecule has 29 heavy (non-hydrogen) atoms. The van der Waals surface area contributed by atoms with E-state index >= 15 is 0 Å². The van der Waals surface area contributed by atoms with Crippen LogP contribution in [0.5, 0.6) is 5.75 Å². The van der Waals surface area contributed by atoms with E-state index in [9.17, 15) is 4.79 Å². The van der Waals surface area contributed by atoms with Gasteiger partial charge in [-0.3, -0.25) is 4.90 Å². The van der Waals surface area contributed by atoms with E-state index in [1.165, 1.54) is 45.2 Å². The highest BCUT2D eigenvalue weighted by molar-refractivity contribution is 5.75. The second kappa shape index (κ2) is 8.02. The molecule has 5 rings (SSSR count). The van der Waals surface area contributed by atoms with Gasteiger partial charge in [-0.25, -0.2) is 4.79 Å². The molecule has 0 saturated carbocycles. The molecular weight excluding hydrogens is 362 g/mol. The van der Waals surface area contributed by atoms with E-state index in [2.05, 4.69) is 21.2 Å². The second-order valence-electron chi connectivity index (χ2n) is 9.21. The highest BCUT2D eigenvalue weighted by Crippen LogP contribution is 2.44. The molecule has 4 atom stereocenters. The van der Waals surface area contributed by atoms with Gasteiger partial charge in [-0.15, -0.1) is 0 Å². The number of benzene rings is 1. The second-order valence-corrected chi connectivity index (χ2v) is 9.21. The fourth-order valence-corrected chi connectivity index (χ4v) is 6.22. The summed E-state index contributed by atoms with van der Waals surface area (Å²) in [5.41, 5.74) is 2.65. The number of rotatable bonds is 3. The minimum absolute atomic E-state index is 0.0932. The average molecular weight is 396 g/mol. The van der Waals surface area contributed by atoms with Crippen molar-refractivity contribution in [3.8, 4) is 5.75 Å². The minimum atomic E-state index is 0.0932. The monoisotopic (exact) mass is 395 g/mol. The van der Waals surface area contributed by atoms with Crippen molar-refractivity contribution in [3.63, 3.8) is 0 Å². The summed E-state index contributed by atoms with van der Waals surface area (Å²) in [4.78, 5) is 18.0. The number of nitrogens with one attached hydrogen (secondary N) is 1. The summed E-state index contributed by atoms with van der Waals surface area (Å²) in [7, 11) is 1.67. The van der Waals surface area contributed by atoms with E-state index in [1.54, 1.807) is 12.7 Å². The Kier molecular flexibility index (Phi) is 5.25. The summed E-state index contributed by atoms with van der Waals surface area (Å²) in [6, 6.07) is 9.08. The molecule has 156 valence electrons. The third-order valence-corrected chi connectivity index (χ3v) is 7.52. The van der Waals surface area contributed by atoms with Crippen LogP contribution in [0.4, 0.5) is 4.79 Å². The van der Waals surface area contributed by atoms with Crippen molar-refractivity contribution in [3.05, 3.63) is 41.5 Å². The van der Waals surface area contributed by atoms with E-state index in [0.717, 1.165) is 30.3 Å². The van der Waals surface area contributed by atoms with Gasteiger partial charge in [0.2, 0.25) is 0 Å². The molecule has 3 saturated heterocycles. The van der Waals surface area contributed by atoms with Crippen molar-refractivity contribution < 1.29 is 9.53 Å². The van der Waals surface area contributed by atoms with Gasteiger partial charge in [0.15, 0.2) is 0 Å². The number of nitrogens with zero attached hydrogens (tertiary/aromatic N) is 2. The fourth-order valence-electron chi connectivity index (χ4n) is 6.22. The topological polar surface area (TPSA) is 44.8 Å². The van der Waals surface area contributed by atoms with E-state index in [1.807, 2.05) is 24.3 Å². The molecule has 0 unspecified atom stereocenters. The molecule has 0 radical (unpaired) electrons. The number of hydrogen-bond acceptors (Lipinski definition) is 3. The summed E-state index contributed by atoms with van der Waals surface area (Å²) in [5.74, 6) is 2.15. The van der Waals surface area contributed by atoms with E-state index in [4.69, 9.17) is 4.74 Å². The third kappa shape index (κ3) is 3.65. The number of hydrogen-bond donors (Lipinski definition) is 1. The number of methoxy groups -OCH3 is 1. The zero-order valence-electron chi connectivity index (χ0n) is 17.5. The Morgan fingerprint density at radius 1 is 1.17 bits per heavy atom. The Balaban J connectivity index is 1.29. The van der Waals surface area contributed by atoms with Gasteiger partial charge in [-0.1, -0.05) is 30.2 Å². The molecular formula is C24H33N3O2. The number of piperidine rings is 3. The van der Waals surface area contributed by atoms with Crippen LogP contribution in [-0.4, -0.2) is 54.7 Å². The molecule has 3 heterocycles. The summed E-state index contributed by atoms with van der Waals surface area (Å²) in [6.07, 6.45) is 10.2. The van der Waals surface area contributed by atoms with Crippen LogP contribution in [0, 0.1) is 11.8 Å². The molecule has 1 aromatic carbocycles. The van der Waals surface area contributed by atoms with Crippen molar-refractivity contribution in [1.82, 2.24) is 15.1 Å². The van der Waals surface area contributed by atoms with Gasteiger partial charge in [-0.05, 0) is 68.2 Å². The first-order chi connectivity index (χ1) is 14.2. The van der Waals surface area contributed by atoms with Crippen LogP contribution in [0.15, 0.2) is 35.9 Å². The van der Waals surface area contributed by atoms with Gasteiger partial charge in [0.05, 0.1) is 13.2 Å².